The van der Waals surface area contributed by atoms with Gasteiger partial charge >= 0.3 is 6.09 Å². The fourth-order valence-electron chi connectivity index (χ4n) is 2.37. The molecule has 2 aliphatic heterocycles. The third kappa shape index (κ3) is 1.85. The predicted octanol–water partition coefficient (Wildman–Crippen LogP) is 0.729. The molecule has 14 heavy (non-hydrogen) atoms. The molecular weight excluding hydrogens is 180 g/mol. The van der Waals surface area contributed by atoms with Crippen molar-refractivity contribution in [3.05, 3.63) is 0 Å². The Morgan fingerprint density at radius 2 is 2.07 bits per heavy atom. The van der Waals surface area contributed by atoms with Crippen LogP contribution in [0.25, 0.3) is 0 Å². The van der Waals surface area contributed by atoms with E-state index in [1.54, 1.807) is 0 Å². The second-order valence-electron chi connectivity index (χ2n) is 4.54. The molecule has 2 bridgehead atoms. The number of nitrogens with one attached hydrogen (secondary N) is 2. The van der Waals surface area contributed by atoms with E-state index in [1.165, 1.54) is 6.42 Å². The summed E-state index contributed by atoms with van der Waals surface area (Å²) in [6.07, 6.45) is 0.953. The zero-order valence-electron chi connectivity index (χ0n) is 8.75. The van der Waals surface area contributed by atoms with Crippen molar-refractivity contribution in [2.24, 2.45) is 11.8 Å². The maximum Gasteiger partial charge on any atom is 0.407 e. The molecule has 1 amide bonds. The van der Waals surface area contributed by atoms with E-state index >= 15 is 0 Å². The summed E-state index contributed by atoms with van der Waals surface area (Å²) in [6.45, 7) is 5.79. The van der Waals surface area contributed by atoms with Gasteiger partial charge < -0.3 is 15.4 Å². The zero-order valence-corrected chi connectivity index (χ0v) is 8.75. The number of ether oxygens (including phenoxy) is 1. The lowest BCUT2D eigenvalue weighted by atomic mass is 9.67. The zero-order chi connectivity index (χ0) is 10.1. The van der Waals surface area contributed by atoms with Crippen molar-refractivity contribution in [3.8, 4) is 0 Å². The molecule has 2 N–H and O–H groups in total. The van der Waals surface area contributed by atoms with Gasteiger partial charge in [-0.1, -0.05) is 0 Å². The van der Waals surface area contributed by atoms with Crippen LogP contribution in [0.4, 0.5) is 4.79 Å². The maximum absolute atomic E-state index is 11.3. The quantitative estimate of drug-likeness (QED) is 0.687. The summed E-state index contributed by atoms with van der Waals surface area (Å²) in [5, 5.41) is 6.28. The lowest BCUT2D eigenvalue weighted by Crippen LogP contribution is -2.63. The van der Waals surface area contributed by atoms with E-state index in [9.17, 15) is 4.79 Å². The Balaban J connectivity index is 1.78. The number of piperidine rings is 2. The van der Waals surface area contributed by atoms with Crippen LogP contribution in [-0.2, 0) is 4.74 Å². The highest BCUT2D eigenvalue weighted by Gasteiger charge is 2.44. The van der Waals surface area contributed by atoms with E-state index in [0.29, 0.717) is 17.9 Å². The van der Waals surface area contributed by atoms with Crippen LogP contribution in [-0.4, -0.2) is 31.3 Å². The van der Waals surface area contributed by atoms with Gasteiger partial charge in [-0.3, -0.25) is 0 Å². The van der Waals surface area contributed by atoms with Crippen LogP contribution in [0, 0.1) is 11.8 Å². The average molecular weight is 198 g/mol. The Hall–Kier alpha value is -0.770. The van der Waals surface area contributed by atoms with Crippen LogP contribution in [0.15, 0.2) is 0 Å². The summed E-state index contributed by atoms with van der Waals surface area (Å²) in [7, 11) is 0. The first-order chi connectivity index (χ1) is 6.66. The molecule has 3 rings (SSSR count). The van der Waals surface area contributed by atoms with Gasteiger partial charge in [0.15, 0.2) is 0 Å². The molecule has 0 spiro atoms. The second kappa shape index (κ2) is 3.77. The molecule has 80 valence electrons. The van der Waals surface area contributed by atoms with E-state index < -0.39 is 0 Å². The molecule has 2 saturated heterocycles. The molecule has 2 heterocycles. The minimum atomic E-state index is -0.262. The normalized spacial score (nSPS) is 34.9. The van der Waals surface area contributed by atoms with Gasteiger partial charge in [0.25, 0.3) is 0 Å². The predicted molar refractivity (Wildman–Crippen MR) is 53.0 cm³/mol. The van der Waals surface area contributed by atoms with Crippen LogP contribution in [0.3, 0.4) is 0 Å². The van der Waals surface area contributed by atoms with Crippen LogP contribution in [0.2, 0.25) is 0 Å². The number of fused-ring (bicyclic) bond motifs is 2. The van der Waals surface area contributed by atoms with Crippen molar-refractivity contribution in [1.82, 2.24) is 10.6 Å². The summed E-state index contributed by atoms with van der Waals surface area (Å²) in [5.41, 5.74) is 0. The third-order valence-corrected chi connectivity index (χ3v) is 3.06. The number of amides is 1. The Bertz CT molecular complexity index is 216. The van der Waals surface area contributed by atoms with E-state index in [0.717, 1.165) is 13.1 Å². The van der Waals surface area contributed by atoms with Crippen molar-refractivity contribution in [2.45, 2.75) is 32.4 Å². The minimum absolute atomic E-state index is 0.0342. The van der Waals surface area contributed by atoms with Crippen molar-refractivity contribution in [1.29, 1.82) is 0 Å². The van der Waals surface area contributed by atoms with Crippen LogP contribution in [0.1, 0.15) is 20.3 Å². The van der Waals surface area contributed by atoms with E-state index in [-0.39, 0.29) is 12.2 Å². The Morgan fingerprint density at radius 3 is 2.57 bits per heavy atom. The molecule has 0 aromatic carbocycles. The van der Waals surface area contributed by atoms with E-state index in [2.05, 4.69) is 10.6 Å². The standard InChI is InChI=1S/C10H18N2O2/c1-6(2)14-10(13)12-9-7-3-8(9)5-11-4-7/h6-9,11H,3-5H2,1-2H3,(H,12,13). The van der Waals surface area contributed by atoms with Gasteiger partial charge in [-0.05, 0) is 45.2 Å². The number of hydrogen-bond donors (Lipinski definition) is 2. The van der Waals surface area contributed by atoms with Crippen LogP contribution in [0.5, 0.6) is 0 Å². The smallest absolute Gasteiger partial charge is 0.407 e. The van der Waals surface area contributed by atoms with Crippen LogP contribution >= 0.6 is 0 Å². The molecule has 4 nitrogen and oxygen atoms in total. The number of hydrogen-bond acceptors (Lipinski definition) is 3. The van der Waals surface area contributed by atoms with Gasteiger partial charge in [-0.15, -0.1) is 0 Å². The first kappa shape index (κ1) is 9.77. The summed E-state index contributed by atoms with van der Waals surface area (Å²) in [4.78, 5) is 11.3. The van der Waals surface area contributed by atoms with Gasteiger partial charge in [-0.25, -0.2) is 4.79 Å². The minimum Gasteiger partial charge on any atom is -0.447 e. The average Bonchev–Trinajstić information content (AvgIpc) is 2.14. The topological polar surface area (TPSA) is 50.4 Å². The molecule has 1 aliphatic carbocycles. The van der Waals surface area contributed by atoms with Crippen LogP contribution < -0.4 is 10.6 Å². The number of alkyl carbamates (subject to hydrolysis) is 1. The lowest BCUT2D eigenvalue weighted by Gasteiger charge is -2.49. The number of carbonyl (C=O) groups excluding carboxylic acids is 1. The summed E-state index contributed by atoms with van der Waals surface area (Å²) in [5.74, 6) is 1.24. The van der Waals surface area contributed by atoms with E-state index in [1.807, 2.05) is 13.8 Å². The van der Waals surface area contributed by atoms with Gasteiger partial charge in [0, 0.05) is 6.04 Å². The molecule has 0 aromatic heterocycles. The molecule has 2 atom stereocenters. The van der Waals surface area contributed by atoms with Gasteiger partial charge in [0.05, 0.1) is 6.10 Å². The SMILES string of the molecule is CC(C)OC(=O)NC1C2CNCC1C2. The summed E-state index contributed by atoms with van der Waals surface area (Å²) >= 11 is 0. The molecule has 2 unspecified atom stereocenters. The molecule has 0 radical (unpaired) electrons. The molecule has 3 aliphatic rings. The van der Waals surface area contributed by atoms with Gasteiger partial charge in [0.2, 0.25) is 0 Å². The monoisotopic (exact) mass is 198 g/mol. The molecule has 3 fully saturated rings. The first-order valence-corrected chi connectivity index (χ1v) is 5.34. The summed E-state index contributed by atoms with van der Waals surface area (Å²) in [6, 6.07) is 0.350. The third-order valence-electron chi connectivity index (χ3n) is 3.06. The largest absolute Gasteiger partial charge is 0.447 e. The second-order valence-corrected chi connectivity index (χ2v) is 4.54. The summed E-state index contributed by atoms with van der Waals surface area (Å²) < 4.78 is 5.05. The van der Waals surface area contributed by atoms with Crippen molar-refractivity contribution in [3.63, 3.8) is 0 Å². The Morgan fingerprint density at radius 1 is 1.43 bits per heavy atom. The first-order valence-electron chi connectivity index (χ1n) is 5.34. The van der Waals surface area contributed by atoms with Crippen molar-refractivity contribution in [2.75, 3.05) is 13.1 Å². The maximum atomic E-state index is 11.3. The number of carbonyl (C=O) groups is 1. The molecule has 0 aromatic rings. The fraction of sp³-hybridized carbons (Fsp3) is 0.900. The number of rotatable bonds is 2. The van der Waals surface area contributed by atoms with Crippen molar-refractivity contribution >= 4 is 6.09 Å². The molecular formula is C10H18N2O2. The van der Waals surface area contributed by atoms with Gasteiger partial charge in [-0.2, -0.15) is 0 Å². The Kier molecular flexibility index (Phi) is 2.63. The highest BCUT2D eigenvalue weighted by Crippen LogP contribution is 2.36. The fourth-order valence-corrected chi connectivity index (χ4v) is 2.37. The highest BCUT2D eigenvalue weighted by atomic mass is 16.6. The highest BCUT2D eigenvalue weighted by molar-refractivity contribution is 5.68. The Labute approximate surface area is 84.4 Å². The van der Waals surface area contributed by atoms with Crippen molar-refractivity contribution < 1.29 is 9.53 Å². The lowest BCUT2D eigenvalue weighted by molar-refractivity contribution is 0.0500. The van der Waals surface area contributed by atoms with Gasteiger partial charge in [0.1, 0.15) is 0 Å². The molecule has 1 saturated carbocycles. The van der Waals surface area contributed by atoms with E-state index in [4.69, 9.17) is 4.74 Å². The molecule has 4 heteroatoms.